The van der Waals surface area contributed by atoms with Crippen LogP contribution in [0.1, 0.15) is 39.2 Å². The maximum atomic E-state index is 12.1. The third-order valence-electron chi connectivity index (χ3n) is 4.40. The van der Waals surface area contributed by atoms with Gasteiger partial charge in [-0.25, -0.2) is 4.21 Å². The summed E-state index contributed by atoms with van der Waals surface area (Å²) in [6, 6.07) is 10.6. The number of hydrogen-bond donors (Lipinski definition) is 0. The van der Waals surface area contributed by atoms with Crippen LogP contribution in [-0.2, 0) is 21.0 Å². The molecule has 4 heteroatoms. The first kappa shape index (κ1) is 12.3. The molecule has 2 fully saturated rings. The van der Waals surface area contributed by atoms with Gasteiger partial charge < -0.3 is 0 Å². The molecule has 0 bridgehead atoms. The molecular formula is C14H19NO2S. The fourth-order valence-corrected chi connectivity index (χ4v) is 5.31. The van der Waals surface area contributed by atoms with E-state index in [4.69, 9.17) is 4.18 Å². The lowest BCUT2D eigenvalue weighted by molar-refractivity contribution is 0.0640. The summed E-state index contributed by atoms with van der Waals surface area (Å²) in [5, 5.41) is 0. The lowest BCUT2D eigenvalue weighted by atomic mass is 9.77. The Balaban J connectivity index is 2.11. The molecule has 0 saturated carbocycles. The summed E-state index contributed by atoms with van der Waals surface area (Å²) in [6.45, 7) is 6.39. The summed E-state index contributed by atoms with van der Waals surface area (Å²) < 4.78 is 19.9. The third kappa shape index (κ3) is 1.29. The van der Waals surface area contributed by atoms with Crippen LogP contribution < -0.4 is 0 Å². The van der Waals surface area contributed by atoms with E-state index < -0.39 is 11.3 Å². The molecule has 0 spiro atoms. The quantitative estimate of drug-likeness (QED) is 0.786. The van der Waals surface area contributed by atoms with Crippen LogP contribution in [0.15, 0.2) is 30.3 Å². The largest absolute Gasteiger partial charge is 0.269 e. The fourth-order valence-electron chi connectivity index (χ4n) is 3.66. The predicted molar refractivity (Wildman–Crippen MR) is 72.0 cm³/mol. The van der Waals surface area contributed by atoms with Crippen LogP contribution in [0.2, 0.25) is 0 Å². The van der Waals surface area contributed by atoms with E-state index >= 15 is 0 Å². The Labute approximate surface area is 111 Å². The van der Waals surface area contributed by atoms with E-state index in [9.17, 15) is 4.21 Å². The summed E-state index contributed by atoms with van der Waals surface area (Å²) in [6.07, 6.45) is 1.96. The van der Waals surface area contributed by atoms with Gasteiger partial charge in [0.2, 0.25) is 11.3 Å². The highest BCUT2D eigenvalue weighted by molar-refractivity contribution is 7.78. The molecule has 0 aromatic heterocycles. The minimum absolute atomic E-state index is 0.199. The van der Waals surface area contributed by atoms with Gasteiger partial charge in [-0.2, -0.15) is 4.31 Å². The van der Waals surface area contributed by atoms with Gasteiger partial charge in [0.25, 0.3) is 0 Å². The summed E-state index contributed by atoms with van der Waals surface area (Å²) >= 11 is -1.30. The van der Waals surface area contributed by atoms with Crippen LogP contribution in [0.5, 0.6) is 0 Å². The second-order valence-corrected chi connectivity index (χ2v) is 6.41. The lowest BCUT2D eigenvalue weighted by Crippen LogP contribution is -2.41. The molecule has 1 aromatic rings. The van der Waals surface area contributed by atoms with Gasteiger partial charge in [0, 0.05) is 6.04 Å². The van der Waals surface area contributed by atoms with Gasteiger partial charge in [-0.3, -0.25) is 4.18 Å². The molecule has 2 aliphatic heterocycles. The van der Waals surface area contributed by atoms with Gasteiger partial charge in [0.05, 0.1) is 0 Å². The van der Waals surface area contributed by atoms with E-state index in [2.05, 4.69) is 32.9 Å². The Kier molecular flexibility index (Phi) is 2.66. The summed E-state index contributed by atoms with van der Waals surface area (Å²) in [5.41, 5.74) is 0.669. The molecule has 0 aliphatic carbocycles. The minimum atomic E-state index is -1.30. The molecule has 2 heterocycles. The first-order chi connectivity index (χ1) is 8.58. The van der Waals surface area contributed by atoms with Gasteiger partial charge >= 0.3 is 0 Å². The van der Waals surface area contributed by atoms with E-state index in [1.54, 1.807) is 0 Å². The molecule has 2 unspecified atom stereocenters. The second kappa shape index (κ2) is 3.89. The number of benzene rings is 1. The van der Waals surface area contributed by atoms with Crippen molar-refractivity contribution in [3.8, 4) is 0 Å². The standard InChI is InChI=1S/C14H19NO2S/c1-4-10-13(3)14(12-8-6-5-7-9-12)11(2)15(14)18(16)17-13/h5-9,11H,4,10H2,1-3H3/t11-,13-,14+,15?,18?/m1/s1. The Hall–Kier alpha value is -0.710. The number of fused-ring (bicyclic) bond motifs is 1. The van der Waals surface area contributed by atoms with Gasteiger partial charge in [-0.1, -0.05) is 43.7 Å². The SMILES string of the molecule is CCC[C@@]1(C)OS(=O)N2[C@H](C)[C@@]21c1ccccc1. The summed E-state index contributed by atoms with van der Waals surface area (Å²) in [4.78, 5) is 0. The smallest absolute Gasteiger partial charge is 0.239 e. The summed E-state index contributed by atoms with van der Waals surface area (Å²) in [7, 11) is 0. The van der Waals surface area contributed by atoms with Crippen molar-refractivity contribution in [3.05, 3.63) is 35.9 Å². The fraction of sp³-hybridized carbons (Fsp3) is 0.571. The Morgan fingerprint density at radius 3 is 2.61 bits per heavy atom. The Morgan fingerprint density at radius 2 is 2.06 bits per heavy atom. The summed E-state index contributed by atoms with van der Waals surface area (Å²) in [5.74, 6) is 0. The van der Waals surface area contributed by atoms with Gasteiger partial charge in [0.1, 0.15) is 11.1 Å². The van der Waals surface area contributed by atoms with Gasteiger partial charge in [-0.15, -0.1) is 0 Å². The molecular weight excluding hydrogens is 246 g/mol. The van der Waals surface area contributed by atoms with Crippen LogP contribution in [0, 0.1) is 0 Å². The average molecular weight is 265 g/mol. The molecule has 3 nitrogen and oxygen atoms in total. The second-order valence-electron chi connectivity index (χ2n) is 5.42. The third-order valence-corrected chi connectivity index (χ3v) is 5.84. The first-order valence-electron chi connectivity index (χ1n) is 6.54. The monoisotopic (exact) mass is 265 g/mol. The van der Waals surface area contributed by atoms with Crippen molar-refractivity contribution < 1.29 is 8.39 Å². The lowest BCUT2D eigenvalue weighted by Gasteiger charge is -2.32. The molecule has 0 radical (unpaired) electrons. The van der Waals surface area contributed by atoms with E-state index in [0.717, 1.165) is 12.8 Å². The highest BCUT2D eigenvalue weighted by atomic mass is 32.2. The maximum absolute atomic E-state index is 12.1. The zero-order chi connectivity index (χ0) is 13.0. The Morgan fingerprint density at radius 1 is 1.39 bits per heavy atom. The maximum Gasteiger partial charge on any atom is 0.239 e. The van der Waals surface area contributed by atoms with Crippen LogP contribution in [0.4, 0.5) is 0 Å². The number of nitrogens with zero attached hydrogens (tertiary/aromatic N) is 1. The van der Waals surface area contributed by atoms with Crippen molar-refractivity contribution >= 4 is 11.3 Å². The molecule has 0 amide bonds. The zero-order valence-electron chi connectivity index (χ0n) is 11.1. The molecule has 5 atom stereocenters. The molecule has 2 saturated heterocycles. The molecule has 0 N–H and O–H groups in total. The topological polar surface area (TPSA) is 29.3 Å². The number of rotatable bonds is 3. The highest BCUT2D eigenvalue weighted by Crippen LogP contribution is 2.65. The van der Waals surface area contributed by atoms with Gasteiger partial charge in [-0.05, 0) is 25.8 Å². The normalized spacial score (nSPS) is 45.8. The highest BCUT2D eigenvalue weighted by Gasteiger charge is 2.78. The van der Waals surface area contributed by atoms with Crippen LogP contribution >= 0.6 is 0 Å². The van der Waals surface area contributed by atoms with E-state index in [1.807, 2.05) is 22.5 Å². The van der Waals surface area contributed by atoms with Crippen molar-refractivity contribution in [1.82, 2.24) is 4.31 Å². The van der Waals surface area contributed by atoms with Crippen LogP contribution in [0.3, 0.4) is 0 Å². The average Bonchev–Trinajstić information content (AvgIpc) is 2.90. The predicted octanol–water partition coefficient (Wildman–Crippen LogP) is 2.75. The minimum Gasteiger partial charge on any atom is -0.269 e. The van der Waals surface area contributed by atoms with Crippen LogP contribution in [-0.4, -0.2) is 20.2 Å². The van der Waals surface area contributed by atoms with Crippen LogP contribution in [0.25, 0.3) is 0 Å². The number of hydrogen-bond acceptors (Lipinski definition) is 2. The molecule has 18 heavy (non-hydrogen) atoms. The van der Waals surface area contributed by atoms with Gasteiger partial charge in [0.15, 0.2) is 0 Å². The molecule has 1 aromatic carbocycles. The van der Waals surface area contributed by atoms with Crippen molar-refractivity contribution in [3.63, 3.8) is 0 Å². The van der Waals surface area contributed by atoms with E-state index in [1.165, 1.54) is 5.56 Å². The molecule has 2 aliphatic rings. The van der Waals surface area contributed by atoms with Crippen molar-refractivity contribution in [2.75, 3.05) is 0 Å². The molecule has 3 rings (SSSR count). The zero-order valence-corrected chi connectivity index (χ0v) is 11.9. The van der Waals surface area contributed by atoms with E-state index in [0.29, 0.717) is 0 Å². The van der Waals surface area contributed by atoms with E-state index in [-0.39, 0.29) is 17.2 Å². The molecule has 98 valence electrons. The van der Waals surface area contributed by atoms with Crippen molar-refractivity contribution in [2.45, 2.75) is 50.8 Å². The van der Waals surface area contributed by atoms with Crippen molar-refractivity contribution in [2.24, 2.45) is 0 Å². The van der Waals surface area contributed by atoms with Crippen molar-refractivity contribution in [1.29, 1.82) is 0 Å². The first-order valence-corrected chi connectivity index (χ1v) is 7.57. The Bertz CT molecular complexity index is 492.